The monoisotopic (exact) mass is 470 g/mol. The number of aromatic nitrogens is 1. The van der Waals surface area contributed by atoms with Gasteiger partial charge in [0.05, 0.1) is 6.42 Å². The highest BCUT2D eigenvalue weighted by atomic mass is 16.6. The summed E-state index contributed by atoms with van der Waals surface area (Å²) >= 11 is 0. The fourth-order valence-corrected chi connectivity index (χ4v) is 3.78. The highest BCUT2D eigenvalue weighted by Gasteiger charge is 2.21. The third-order valence-corrected chi connectivity index (χ3v) is 5.67. The van der Waals surface area contributed by atoms with Gasteiger partial charge in [0.25, 0.3) is 0 Å². The van der Waals surface area contributed by atoms with E-state index in [1.54, 1.807) is 0 Å². The van der Waals surface area contributed by atoms with E-state index in [4.69, 9.17) is 14.4 Å². The zero-order valence-electron chi connectivity index (χ0n) is 19.5. The number of benzene rings is 3. The molecule has 7 nitrogen and oxygen atoms in total. The number of aryl methyl sites for hydroxylation is 1. The summed E-state index contributed by atoms with van der Waals surface area (Å²) in [5.74, 6) is -0.405. The van der Waals surface area contributed by atoms with Crippen LogP contribution in [0.25, 0.3) is 22.5 Å². The van der Waals surface area contributed by atoms with Gasteiger partial charge in [0, 0.05) is 5.56 Å². The molecule has 0 saturated heterocycles. The van der Waals surface area contributed by atoms with E-state index in [0.717, 1.165) is 27.8 Å². The first-order chi connectivity index (χ1) is 16.9. The third-order valence-electron chi connectivity index (χ3n) is 5.67. The van der Waals surface area contributed by atoms with Crippen molar-refractivity contribution < 1.29 is 24.0 Å². The van der Waals surface area contributed by atoms with E-state index in [-0.39, 0.29) is 6.42 Å². The summed E-state index contributed by atoms with van der Waals surface area (Å²) in [6, 6.07) is 24.6. The number of carbonyl (C=O) groups excluding carboxylic acids is 1. The second-order valence-electron chi connectivity index (χ2n) is 8.11. The van der Waals surface area contributed by atoms with Crippen LogP contribution < -0.4 is 5.32 Å². The van der Waals surface area contributed by atoms with Crippen LogP contribution in [0.5, 0.6) is 0 Å². The Kier molecular flexibility index (Phi) is 7.26. The standard InChI is InChI=1S/C28H26N2O5/c1-3-24-26(29-28(33)34-18(2)20-7-5-4-6-8-20)27(35-30-24)23-15-13-22(14-16-23)21-11-9-19(10-12-21)17-25(31)32/h4-16,18H,3,17H2,1-2H3,(H,29,33)(H,31,32)/t18-/m1/s1. The molecule has 0 radical (unpaired) electrons. The van der Waals surface area contributed by atoms with Gasteiger partial charge in [0.1, 0.15) is 17.5 Å². The highest BCUT2D eigenvalue weighted by molar-refractivity contribution is 5.91. The fourth-order valence-electron chi connectivity index (χ4n) is 3.78. The zero-order chi connectivity index (χ0) is 24.8. The van der Waals surface area contributed by atoms with Crippen LogP contribution in [0.15, 0.2) is 83.4 Å². The summed E-state index contributed by atoms with van der Waals surface area (Å²) in [6.45, 7) is 3.75. The van der Waals surface area contributed by atoms with E-state index in [9.17, 15) is 9.59 Å². The van der Waals surface area contributed by atoms with Crippen LogP contribution in [0.4, 0.5) is 10.5 Å². The average molecular weight is 471 g/mol. The summed E-state index contributed by atoms with van der Waals surface area (Å²) in [5, 5.41) is 15.9. The van der Waals surface area contributed by atoms with Gasteiger partial charge in [-0.1, -0.05) is 90.9 Å². The average Bonchev–Trinajstić information content (AvgIpc) is 3.27. The molecule has 1 atom stereocenters. The van der Waals surface area contributed by atoms with E-state index in [2.05, 4.69) is 10.5 Å². The Labute approximate surface area is 203 Å². The molecule has 4 aromatic rings. The Balaban J connectivity index is 1.51. The third kappa shape index (κ3) is 5.76. The summed E-state index contributed by atoms with van der Waals surface area (Å²) in [4.78, 5) is 23.5. The molecule has 4 rings (SSSR count). The number of rotatable bonds is 8. The maximum absolute atomic E-state index is 12.6. The second kappa shape index (κ2) is 10.7. The summed E-state index contributed by atoms with van der Waals surface area (Å²) in [6.07, 6.45) is -0.426. The first-order valence-electron chi connectivity index (χ1n) is 11.4. The molecular formula is C28H26N2O5. The number of anilines is 1. The molecule has 0 bridgehead atoms. The van der Waals surface area contributed by atoms with Gasteiger partial charge in [0.15, 0.2) is 5.76 Å². The Bertz CT molecular complexity index is 1300. The Morgan fingerprint density at radius 1 is 0.943 bits per heavy atom. The minimum Gasteiger partial charge on any atom is -0.481 e. The fraction of sp³-hybridized carbons (Fsp3) is 0.179. The largest absolute Gasteiger partial charge is 0.481 e. The lowest BCUT2D eigenvalue weighted by Crippen LogP contribution is -2.17. The molecule has 1 heterocycles. The van der Waals surface area contributed by atoms with E-state index < -0.39 is 18.2 Å². The minimum atomic E-state index is -0.858. The van der Waals surface area contributed by atoms with Crippen molar-refractivity contribution in [2.75, 3.05) is 5.32 Å². The predicted octanol–water partition coefficient (Wildman–Crippen LogP) is 6.51. The van der Waals surface area contributed by atoms with Crippen molar-refractivity contribution in [2.24, 2.45) is 0 Å². The van der Waals surface area contributed by atoms with Crippen LogP contribution in [0.3, 0.4) is 0 Å². The topological polar surface area (TPSA) is 102 Å². The van der Waals surface area contributed by atoms with Crippen molar-refractivity contribution in [2.45, 2.75) is 32.8 Å². The molecule has 0 unspecified atom stereocenters. The van der Waals surface area contributed by atoms with Crippen LogP contribution in [-0.4, -0.2) is 22.3 Å². The molecule has 0 aliphatic heterocycles. The summed E-state index contributed by atoms with van der Waals surface area (Å²) in [7, 11) is 0. The SMILES string of the molecule is CCc1noc(-c2ccc(-c3ccc(CC(=O)O)cc3)cc2)c1NC(=O)O[C@H](C)c1ccccc1. The molecule has 178 valence electrons. The summed E-state index contributed by atoms with van der Waals surface area (Å²) in [5.41, 5.74) is 5.46. The molecule has 3 aromatic carbocycles. The van der Waals surface area contributed by atoms with E-state index >= 15 is 0 Å². The van der Waals surface area contributed by atoms with Crippen LogP contribution in [0.1, 0.15) is 36.8 Å². The molecule has 0 spiro atoms. The Hall–Kier alpha value is -4.39. The van der Waals surface area contributed by atoms with Gasteiger partial charge in [-0.3, -0.25) is 10.1 Å². The van der Waals surface area contributed by atoms with Crippen LogP contribution in [0, 0.1) is 0 Å². The van der Waals surface area contributed by atoms with Gasteiger partial charge < -0.3 is 14.4 Å². The maximum Gasteiger partial charge on any atom is 0.412 e. The molecular weight excluding hydrogens is 444 g/mol. The number of carbonyl (C=O) groups is 2. The molecule has 0 fully saturated rings. The van der Waals surface area contributed by atoms with E-state index in [1.807, 2.05) is 92.7 Å². The van der Waals surface area contributed by atoms with Gasteiger partial charge in [-0.2, -0.15) is 0 Å². The molecule has 35 heavy (non-hydrogen) atoms. The van der Waals surface area contributed by atoms with Crippen LogP contribution in [-0.2, 0) is 22.4 Å². The highest BCUT2D eigenvalue weighted by Crippen LogP contribution is 2.33. The number of carboxylic acids is 1. The zero-order valence-corrected chi connectivity index (χ0v) is 19.5. The van der Waals surface area contributed by atoms with Crippen molar-refractivity contribution >= 4 is 17.7 Å². The maximum atomic E-state index is 12.6. The number of carboxylic acid groups (broad SMARTS) is 1. The molecule has 2 N–H and O–H groups in total. The van der Waals surface area contributed by atoms with Crippen molar-refractivity contribution in [3.8, 4) is 22.5 Å². The number of hydrogen-bond acceptors (Lipinski definition) is 5. The molecule has 0 aliphatic carbocycles. The van der Waals surface area contributed by atoms with Gasteiger partial charge in [0.2, 0.25) is 0 Å². The van der Waals surface area contributed by atoms with Crippen LogP contribution in [0.2, 0.25) is 0 Å². The molecule has 0 saturated carbocycles. The lowest BCUT2D eigenvalue weighted by Gasteiger charge is -2.14. The number of amides is 1. The molecule has 0 aliphatic rings. The minimum absolute atomic E-state index is 0.00713. The second-order valence-corrected chi connectivity index (χ2v) is 8.11. The molecule has 1 amide bonds. The normalized spacial score (nSPS) is 11.6. The summed E-state index contributed by atoms with van der Waals surface area (Å²) < 4.78 is 11.1. The number of aliphatic carboxylic acids is 1. The first-order valence-corrected chi connectivity index (χ1v) is 11.4. The Morgan fingerprint density at radius 3 is 2.14 bits per heavy atom. The number of ether oxygens (including phenoxy) is 1. The van der Waals surface area contributed by atoms with Gasteiger partial charge in [-0.15, -0.1) is 0 Å². The van der Waals surface area contributed by atoms with Crippen molar-refractivity contribution in [1.82, 2.24) is 5.16 Å². The number of hydrogen-bond donors (Lipinski definition) is 2. The van der Waals surface area contributed by atoms with Crippen molar-refractivity contribution in [3.05, 3.63) is 95.7 Å². The predicted molar refractivity (Wildman–Crippen MR) is 133 cm³/mol. The number of nitrogens with zero attached hydrogens (tertiary/aromatic N) is 1. The van der Waals surface area contributed by atoms with E-state index in [0.29, 0.717) is 23.6 Å². The molecule has 7 heteroatoms. The molecule has 1 aromatic heterocycles. The van der Waals surface area contributed by atoms with Crippen molar-refractivity contribution in [3.63, 3.8) is 0 Å². The van der Waals surface area contributed by atoms with Crippen molar-refractivity contribution in [1.29, 1.82) is 0 Å². The first kappa shape index (κ1) is 23.8. The number of nitrogens with one attached hydrogen (secondary N) is 1. The lowest BCUT2D eigenvalue weighted by atomic mass is 10.0. The van der Waals surface area contributed by atoms with Gasteiger partial charge in [-0.25, -0.2) is 4.79 Å². The smallest absolute Gasteiger partial charge is 0.412 e. The van der Waals surface area contributed by atoms with Gasteiger partial charge >= 0.3 is 12.1 Å². The quantitative estimate of drug-likeness (QED) is 0.304. The van der Waals surface area contributed by atoms with Gasteiger partial charge in [-0.05, 0) is 35.6 Å². The van der Waals surface area contributed by atoms with E-state index in [1.165, 1.54) is 0 Å². The Morgan fingerprint density at radius 2 is 1.54 bits per heavy atom. The lowest BCUT2D eigenvalue weighted by molar-refractivity contribution is -0.136. The van der Waals surface area contributed by atoms with Crippen LogP contribution >= 0.6 is 0 Å².